The van der Waals surface area contributed by atoms with E-state index in [2.05, 4.69) is 30.9 Å². The maximum absolute atomic E-state index is 12.4. The SMILES string of the molecule is CCCCCCCCCCCCCCCCCCOCC(CCCCCCCC/C=C\C[C@@H](CCCCCC)OC1CCCCO1)OC(=O)OCCCN(C)C. The molecule has 1 heterocycles. The van der Waals surface area contributed by atoms with Gasteiger partial charge in [0.2, 0.25) is 0 Å². The molecule has 0 aromatic rings. The van der Waals surface area contributed by atoms with Crippen molar-refractivity contribution in [2.24, 2.45) is 0 Å². The van der Waals surface area contributed by atoms with Gasteiger partial charge in [-0.1, -0.05) is 174 Å². The molecule has 0 bridgehead atoms. The summed E-state index contributed by atoms with van der Waals surface area (Å²) in [6.07, 6.45) is 46.8. The van der Waals surface area contributed by atoms with Gasteiger partial charge in [0.25, 0.3) is 0 Å². The third-order valence-electron chi connectivity index (χ3n) is 11.3. The third kappa shape index (κ3) is 37.1. The van der Waals surface area contributed by atoms with Gasteiger partial charge in [0, 0.05) is 19.8 Å². The van der Waals surface area contributed by atoms with Gasteiger partial charge < -0.3 is 28.6 Å². The highest BCUT2D eigenvalue weighted by Crippen LogP contribution is 2.21. The number of carbonyl (C=O) groups is 1. The first-order chi connectivity index (χ1) is 27.5. The lowest BCUT2D eigenvalue weighted by Crippen LogP contribution is -2.27. The summed E-state index contributed by atoms with van der Waals surface area (Å²) in [7, 11) is 4.05. The second-order valence-electron chi connectivity index (χ2n) is 17.2. The van der Waals surface area contributed by atoms with Crippen LogP contribution in [0.25, 0.3) is 0 Å². The molecule has 1 saturated heterocycles. The van der Waals surface area contributed by atoms with E-state index >= 15 is 0 Å². The number of unbranched alkanes of at least 4 members (excludes halogenated alkanes) is 24. The molecule has 3 atom stereocenters. The van der Waals surface area contributed by atoms with Crippen molar-refractivity contribution in [1.82, 2.24) is 4.90 Å². The van der Waals surface area contributed by atoms with Gasteiger partial charge in [0.05, 0.1) is 19.3 Å². The summed E-state index contributed by atoms with van der Waals surface area (Å²) in [5.74, 6) is 0. The molecule has 0 N–H and O–H groups in total. The highest BCUT2D eigenvalue weighted by atomic mass is 16.7. The minimum atomic E-state index is -0.551. The van der Waals surface area contributed by atoms with E-state index in [4.69, 9.17) is 23.7 Å². The molecule has 7 heteroatoms. The van der Waals surface area contributed by atoms with Crippen LogP contribution in [0.15, 0.2) is 12.2 Å². The first-order valence-corrected chi connectivity index (χ1v) is 24.5. The van der Waals surface area contributed by atoms with Crippen LogP contribution in [0.5, 0.6) is 0 Å². The van der Waals surface area contributed by atoms with Crippen LogP contribution in [0.2, 0.25) is 0 Å². The van der Waals surface area contributed by atoms with Crippen molar-refractivity contribution in [2.45, 2.75) is 251 Å². The average Bonchev–Trinajstić information content (AvgIpc) is 3.19. The lowest BCUT2D eigenvalue weighted by molar-refractivity contribution is -0.188. The Hall–Kier alpha value is -1.15. The van der Waals surface area contributed by atoms with E-state index in [1.165, 1.54) is 161 Å². The van der Waals surface area contributed by atoms with Gasteiger partial charge in [-0.05, 0) is 84.7 Å². The number of nitrogens with zero attached hydrogens (tertiary/aromatic N) is 1. The number of hydrogen-bond donors (Lipinski definition) is 0. The van der Waals surface area contributed by atoms with E-state index in [1.807, 2.05) is 14.1 Å². The molecule has 0 aromatic carbocycles. The van der Waals surface area contributed by atoms with E-state index in [0.29, 0.717) is 13.2 Å². The summed E-state index contributed by atoms with van der Waals surface area (Å²) < 4.78 is 29.4. The predicted molar refractivity (Wildman–Crippen MR) is 238 cm³/mol. The maximum Gasteiger partial charge on any atom is 0.508 e. The van der Waals surface area contributed by atoms with Crippen molar-refractivity contribution in [1.29, 1.82) is 0 Å². The zero-order valence-corrected chi connectivity index (χ0v) is 37.9. The van der Waals surface area contributed by atoms with Crippen LogP contribution >= 0.6 is 0 Å². The topological polar surface area (TPSA) is 66.5 Å². The van der Waals surface area contributed by atoms with E-state index in [1.54, 1.807) is 0 Å². The Kier molecular flexibility index (Phi) is 39.6. The second-order valence-corrected chi connectivity index (χ2v) is 17.2. The molecule has 1 aliphatic rings. The maximum atomic E-state index is 12.4. The predicted octanol–water partition coefficient (Wildman–Crippen LogP) is 14.7. The Balaban J connectivity index is 2.17. The first-order valence-electron chi connectivity index (χ1n) is 24.5. The normalized spacial score (nSPS) is 15.8. The van der Waals surface area contributed by atoms with Gasteiger partial charge in [0.15, 0.2) is 6.29 Å². The molecule has 0 amide bonds. The van der Waals surface area contributed by atoms with Crippen LogP contribution in [0.4, 0.5) is 4.79 Å². The van der Waals surface area contributed by atoms with E-state index in [9.17, 15) is 4.79 Å². The highest BCUT2D eigenvalue weighted by molar-refractivity contribution is 5.60. The fraction of sp³-hybridized carbons (Fsp3) is 0.939. The molecular formula is C49H95NO6. The zero-order chi connectivity index (χ0) is 40.4. The number of carbonyl (C=O) groups excluding carboxylic acids is 1. The molecule has 0 aliphatic carbocycles. The fourth-order valence-corrected chi connectivity index (χ4v) is 7.63. The molecule has 1 aliphatic heterocycles. The van der Waals surface area contributed by atoms with Crippen molar-refractivity contribution in [3.63, 3.8) is 0 Å². The Morgan fingerprint density at radius 3 is 1.73 bits per heavy atom. The van der Waals surface area contributed by atoms with Crippen molar-refractivity contribution in [3.8, 4) is 0 Å². The Bertz CT molecular complexity index is 831. The smallest absolute Gasteiger partial charge is 0.434 e. The molecule has 0 aromatic heterocycles. The van der Waals surface area contributed by atoms with Gasteiger partial charge in [-0.3, -0.25) is 0 Å². The van der Waals surface area contributed by atoms with E-state index in [0.717, 1.165) is 77.5 Å². The van der Waals surface area contributed by atoms with E-state index in [-0.39, 0.29) is 18.5 Å². The van der Waals surface area contributed by atoms with Crippen LogP contribution in [0.3, 0.4) is 0 Å². The van der Waals surface area contributed by atoms with Gasteiger partial charge >= 0.3 is 6.16 Å². The van der Waals surface area contributed by atoms with Crippen molar-refractivity contribution in [2.75, 3.05) is 47.1 Å². The van der Waals surface area contributed by atoms with Crippen molar-refractivity contribution in [3.05, 3.63) is 12.2 Å². The molecule has 0 saturated carbocycles. The molecular weight excluding hydrogens is 699 g/mol. The average molecular weight is 794 g/mol. The number of ether oxygens (including phenoxy) is 5. The van der Waals surface area contributed by atoms with Gasteiger partial charge in [-0.25, -0.2) is 4.79 Å². The highest BCUT2D eigenvalue weighted by Gasteiger charge is 2.19. The number of hydrogen-bond acceptors (Lipinski definition) is 7. The fourth-order valence-electron chi connectivity index (χ4n) is 7.63. The van der Waals surface area contributed by atoms with Crippen LogP contribution in [-0.2, 0) is 23.7 Å². The first kappa shape index (κ1) is 52.9. The van der Waals surface area contributed by atoms with Gasteiger partial charge in [0.1, 0.15) is 6.10 Å². The minimum absolute atomic E-state index is 0.00290. The van der Waals surface area contributed by atoms with Crippen LogP contribution in [0, 0.1) is 0 Å². The summed E-state index contributed by atoms with van der Waals surface area (Å²) in [6, 6.07) is 0. The monoisotopic (exact) mass is 794 g/mol. The van der Waals surface area contributed by atoms with Crippen LogP contribution in [0.1, 0.15) is 232 Å². The number of rotatable bonds is 42. The molecule has 1 fully saturated rings. The zero-order valence-electron chi connectivity index (χ0n) is 37.9. The molecule has 332 valence electrons. The summed E-state index contributed by atoms with van der Waals surface area (Å²) >= 11 is 0. The quantitative estimate of drug-likeness (QED) is 0.0346. The standard InChI is InChI=1S/C49H95NO6/c1-5-7-9-11-12-13-14-15-16-17-18-19-23-26-29-34-42-52-45-47(56-49(51)54-44-36-41-50(3)4)39-32-28-25-22-20-21-24-27-31-38-46(37-30-10-8-6-2)55-48-40-33-35-43-53-48/h27,31,46-48H,5-26,28-30,32-45H2,1-4H3/b31-27-/t46-,47?,48?/m1/s1. The molecule has 1 rings (SSSR count). The molecule has 2 unspecified atom stereocenters. The largest absolute Gasteiger partial charge is 0.508 e. The summed E-state index contributed by atoms with van der Waals surface area (Å²) in [6.45, 7) is 7.90. The van der Waals surface area contributed by atoms with Crippen LogP contribution < -0.4 is 0 Å². The summed E-state index contributed by atoms with van der Waals surface area (Å²) in [5.41, 5.74) is 0. The van der Waals surface area contributed by atoms with Crippen LogP contribution in [-0.4, -0.2) is 76.6 Å². The number of allylic oxidation sites excluding steroid dienone is 1. The van der Waals surface area contributed by atoms with Gasteiger partial charge in [-0.15, -0.1) is 0 Å². The Morgan fingerprint density at radius 1 is 0.625 bits per heavy atom. The molecule has 0 spiro atoms. The summed E-state index contributed by atoms with van der Waals surface area (Å²) in [4.78, 5) is 14.5. The lowest BCUT2D eigenvalue weighted by Gasteiger charge is -2.27. The molecule has 7 nitrogen and oxygen atoms in total. The van der Waals surface area contributed by atoms with E-state index < -0.39 is 6.16 Å². The van der Waals surface area contributed by atoms with Crippen molar-refractivity contribution >= 4 is 6.16 Å². The van der Waals surface area contributed by atoms with Gasteiger partial charge in [-0.2, -0.15) is 0 Å². The van der Waals surface area contributed by atoms with Crippen molar-refractivity contribution < 1.29 is 28.5 Å². The Labute approximate surface area is 348 Å². The summed E-state index contributed by atoms with van der Waals surface area (Å²) in [5, 5.41) is 0. The molecule has 0 radical (unpaired) electrons. The Morgan fingerprint density at radius 2 is 1.16 bits per heavy atom. The second kappa shape index (κ2) is 42.0. The lowest BCUT2D eigenvalue weighted by atomic mass is 10.0. The minimum Gasteiger partial charge on any atom is -0.434 e. The third-order valence-corrected chi connectivity index (χ3v) is 11.3. The molecule has 56 heavy (non-hydrogen) atoms.